The maximum absolute atomic E-state index is 12.6. The van der Waals surface area contributed by atoms with E-state index in [1.54, 1.807) is 0 Å². The summed E-state index contributed by atoms with van der Waals surface area (Å²) < 4.78 is 44.3. The number of rotatable bonds is 6. The maximum Gasteiger partial charge on any atom is 0.389 e. The third-order valence-electron chi connectivity index (χ3n) is 3.20. The van der Waals surface area contributed by atoms with E-state index in [1.807, 2.05) is 0 Å². The number of fused-ring (bicyclic) bond motifs is 1. The molecule has 0 aliphatic rings. The molecule has 0 saturated carbocycles. The molecular formula is C15H17F3N2O4. The molecule has 0 saturated heterocycles. The van der Waals surface area contributed by atoms with E-state index in [2.05, 4.69) is 5.10 Å². The lowest BCUT2D eigenvalue weighted by molar-refractivity contribution is -0.134. The lowest BCUT2D eigenvalue weighted by Gasteiger charge is -2.20. The molecule has 0 atom stereocenters. The van der Waals surface area contributed by atoms with Gasteiger partial charge in [0.2, 0.25) is 0 Å². The van der Waals surface area contributed by atoms with Crippen molar-refractivity contribution in [2.24, 2.45) is 0 Å². The highest BCUT2D eigenvalue weighted by atomic mass is 19.4. The Morgan fingerprint density at radius 1 is 1.33 bits per heavy atom. The summed E-state index contributed by atoms with van der Waals surface area (Å²) in [6, 6.07) is 2.80. The number of pyridine rings is 1. The van der Waals surface area contributed by atoms with Gasteiger partial charge in [-0.15, -0.1) is 0 Å². The molecule has 6 nitrogen and oxygen atoms in total. The summed E-state index contributed by atoms with van der Waals surface area (Å²) in [5.41, 5.74) is -1.01. The number of aromatic nitrogens is 2. The summed E-state index contributed by atoms with van der Waals surface area (Å²) in [6.45, 7) is 2.86. The first kappa shape index (κ1) is 18.1. The molecule has 0 spiro atoms. The Kier molecular flexibility index (Phi) is 4.75. The van der Waals surface area contributed by atoms with E-state index >= 15 is 0 Å². The van der Waals surface area contributed by atoms with Crippen LogP contribution in [0.5, 0.6) is 5.75 Å². The van der Waals surface area contributed by atoms with E-state index in [9.17, 15) is 23.1 Å². The third kappa shape index (κ3) is 4.38. The number of carbonyl (C=O) groups is 1. The number of carboxylic acids is 1. The zero-order chi connectivity index (χ0) is 18.1. The van der Waals surface area contributed by atoms with Gasteiger partial charge in [-0.05, 0) is 26.0 Å². The van der Waals surface area contributed by atoms with Crippen LogP contribution < -0.4 is 4.74 Å². The smallest absolute Gasteiger partial charge is 0.389 e. The molecule has 0 amide bonds. The highest BCUT2D eigenvalue weighted by Crippen LogP contribution is 2.28. The average Bonchev–Trinajstić information content (AvgIpc) is 2.85. The van der Waals surface area contributed by atoms with Crippen molar-refractivity contribution in [2.75, 3.05) is 6.61 Å². The van der Waals surface area contributed by atoms with Gasteiger partial charge in [-0.2, -0.15) is 18.3 Å². The van der Waals surface area contributed by atoms with Crippen LogP contribution in [0.2, 0.25) is 0 Å². The molecule has 0 bridgehead atoms. The fraction of sp³-hybridized carbons (Fsp3) is 0.467. The minimum atomic E-state index is -4.38. The van der Waals surface area contributed by atoms with Crippen LogP contribution in [0.15, 0.2) is 18.3 Å². The fourth-order valence-corrected chi connectivity index (χ4v) is 2.13. The van der Waals surface area contributed by atoms with Gasteiger partial charge in [0, 0.05) is 12.8 Å². The molecule has 2 N–H and O–H groups in total. The largest absolute Gasteiger partial charge is 0.489 e. The average molecular weight is 346 g/mol. The van der Waals surface area contributed by atoms with E-state index < -0.39 is 30.6 Å². The normalized spacial score (nSPS) is 12.6. The van der Waals surface area contributed by atoms with Crippen LogP contribution in [-0.2, 0) is 6.42 Å². The van der Waals surface area contributed by atoms with Gasteiger partial charge in [0.25, 0.3) is 0 Å². The first-order chi connectivity index (χ1) is 11.0. The number of nitrogens with zero attached hydrogens (tertiary/aromatic N) is 2. The molecule has 9 heteroatoms. The SMILES string of the molecule is CC(C)(O)COc1ccc2c(C(=O)O)cnn2c1CCC(F)(F)F. The molecule has 0 aliphatic heterocycles. The number of hydrogen-bond donors (Lipinski definition) is 2. The molecule has 0 fully saturated rings. The van der Waals surface area contributed by atoms with Crippen molar-refractivity contribution in [2.45, 2.75) is 38.5 Å². The van der Waals surface area contributed by atoms with Crippen LogP contribution in [0, 0.1) is 0 Å². The summed E-state index contributed by atoms with van der Waals surface area (Å²) in [5.74, 6) is -1.11. The van der Waals surface area contributed by atoms with E-state index in [0.717, 1.165) is 10.7 Å². The molecule has 2 rings (SSSR count). The number of hydrogen-bond acceptors (Lipinski definition) is 4. The zero-order valence-corrected chi connectivity index (χ0v) is 13.1. The van der Waals surface area contributed by atoms with Crippen LogP contribution in [0.25, 0.3) is 5.52 Å². The van der Waals surface area contributed by atoms with Gasteiger partial charge in [0.1, 0.15) is 17.9 Å². The molecule has 0 aromatic carbocycles. The molecule has 0 unspecified atom stereocenters. The van der Waals surface area contributed by atoms with Gasteiger partial charge in [-0.25, -0.2) is 9.31 Å². The zero-order valence-electron chi connectivity index (χ0n) is 13.1. The number of aryl methyl sites for hydroxylation is 1. The van der Waals surface area contributed by atoms with Crippen molar-refractivity contribution in [3.63, 3.8) is 0 Å². The molecule has 0 radical (unpaired) electrons. The second kappa shape index (κ2) is 6.31. The molecule has 132 valence electrons. The van der Waals surface area contributed by atoms with Crippen LogP contribution in [0.4, 0.5) is 13.2 Å². The Morgan fingerprint density at radius 3 is 2.54 bits per heavy atom. The van der Waals surface area contributed by atoms with Gasteiger partial charge < -0.3 is 14.9 Å². The lowest BCUT2D eigenvalue weighted by atomic mass is 10.1. The van der Waals surface area contributed by atoms with Crippen LogP contribution in [0.1, 0.15) is 36.3 Å². The molecule has 2 aromatic heterocycles. The predicted octanol–water partition coefficient (Wildman–Crippen LogP) is 2.68. The number of halogens is 3. The van der Waals surface area contributed by atoms with Crippen molar-refractivity contribution >= 4 is 11.5 Å². The second-order valence-electron chi connectivity index (χ2n) is 6.02. The van der Waals surface area contributed by atoms with E-state index in [0.29, 0.717) is 0 Å². The van der Waals surface area contributed by atoms with Gasteiger partial charge in [0.15, 0.2) is 0 Å². The number of aromatic carboxylic acids is 1. The minimum absolute atomic E-state index is 0.0987. The Labute approximate surface area is 135 Å². The number of aliphatic hydroxyl groups is 1. The first-order valence-corrected chi connectivity index (χ1v) is 7.13. The van der Waals surface area contributed by atoms with Gasteiger partial charge >= 0.3 is 12.1 Å². The maximum atomic E-state index is 12.6. The molecule has 2 aromatic rings. The van der Waals surface area contributed by atoms with Crippen molar-refractivity contribution < 1.29 is 32.9 Å². The fourth-order valence-electron chi connectivity index (χ4n) is 2.13. The Bertz CT molecular complexity index is 747. The summed E-state index contributed by atoms with van der Waals surface area (Å²) in [4.78, 5) is 11.1. The van der Waals surface area contributed by atoms with Crippen LogP contribution in [0.3, 0.4) is 0 Å². The van der Waals surface area contributed by atoms with Crippen molar-refractivity contribution in [1.82, 2.24) is 9.61 Å². The second-order valence-corrected chi connectivity index (χ2v) is 6.02. The van der Waals surface area contributed by atoms with E-state index in [-0.39, 0.29) is 29.1 Å². The molecule has 2 heterocycles. The quantitative estimate of drug-likeness (QED) is 0.840. The minimum Gasteiger partial charge on any atom is -0.489 e. The van der Waals surface area contributed by atoms with E-state index in [4.69, 9.17) is 9.84 Å². The molecular weight excluding hydrogens is 329 g/mol. The summed E-state index contributed by atoms with van der Waals surface area (Å²) in [6.07, 6.45) is -4.83. The Morgan fingerprint density at radius 2 is 2.00 bits per heavy atom. The molecule has 24 heavy (non-hydrogen) atoms. The monoisotopic (exact) mass is 346 g/mol. The van der Waals surface area contributed by atoms with Crippen molar-refractivity contribution in [1.29, 1.82) is 0 Å². The summed E-state index contributed by atoms with van der Waals surface area (Å²) >= 11 is 0. The topological polar surface area (TPSA) is 84.1 Å². The van der Waals surface area contributed by atoms with Gasteiger partial charge in [-0.3, -0.25) is 0 Å². The highest BCUT2D eigenvalue weighted by Gasteiger charge is 2.29. The summed E-state index contributed by atoms with van der Waals surface area (Å²) in [5, 5.41) is 22.7. The van der Waals surface area contributed by atoms with Crippen LogP contribution >= 0.6 is 0 Å². The Balaban J connectivity index is 2.46. The Hall–Kier alpha value is -2.29. The van der Waals surface area contributed by atoms with Crippen LogP contribution in [-0.4, -0.2) is 44.2 Å². The third-order valence-corrected chi connectivity index (χ3v) is 3.20. The standard InChI is InChI=1S/C15H17F3N2O4/c1-14(2,23)8-24-12-4-3-10-9(13(21)22)7-19-20(10)11(12)5-6-15(16,17)18/h3-4,7,23H,5-6,8H2,1-2H3,(H,21,22). The van der Waals surface area contributed by atoms with Gasteiger partial charge in [0.05, 0.1) is 23.0 Å². The number of carboxylic acid groups (broad SMARTS) is 1. The van der Waals surface area contributed by atoms with Gasteiger partial charge in [-0.1, -0.05) is 0 Å². The summed E-state index contributed by atoms with van der Waals surface area (Å²) in [7, 11) is 0. The number of ether oxygens (including phenoxy) is 1. The lowest BCUT2D eigenvalue weighted by Crippen LogP contribution is -2.28. The van der Waals surface area contributed by atoms with Crippen molar-refractivity contribution in [3.05, 3.63) is 29.6 Å². The highest BCUT2D eigenvalue weighted by molar-refractivity contribution is 5.95. The van der Waals surface area contributed by atoms with Crippen molar-refractivity contribution in [3.8, 4) is 5.75 Å². The number of alkyl halides is 3. The van der Waals surface area contributed by atoms with E-state index in [1.165, 1.54) is 26.0 Å². The molecule has 0 aliphatic carbocycles. The predicted molar refractivity (Wildman–Crippen MR) is 78.3 cm³/mol. The first-order valence-electron chi connectivity index (χ1n) is 7.13.